The van der Waals surface area contributed by atoms with Gasteiger partial charge in [-0.1, -0.05) is 30.3 Å². The fraction of sp³-hybridized carbons (Fsp3) is 0.286. The van der Waals surface area contributed by atoms with Gasteiger partial charge in [0.15, 0.2) is 5.82 Å². The lowest BCUT2D eigenvalue weighted by molar-refractivity contribution is 0.244. The van der Waals surface area contributed by atoms with E-state index in [-0.39, 0.29) is 12.1 Å². The van der Waals surface area contributed by atoms with Gasteiger partial charge in [-0.2, -0.15) is 10.1 Å². The summed E-state index contributed by atoms with van der Waals surface area (Å²) < 4.78 is 5.87. The SMILES string of the molecule is CC(C)Oc1ccccc1Nc1cnnc(N2c3ccccc3CC2C)n1. The fourth-order valence-electron chi connectivity index (χ4n) is 3.39. The van der Waals surface area contributed by atoms with Gasteiger partial charge < -0.3 is 15.0 Å². The molecular formula is C21H23N5O. The third kappa shape index (κ3) is 3.56. The van der Waals surface area contributed by atoms with Crippen LogP contribution in [0.3, 0.4) is 0 Å². The molecule has 1 aliphatic heterocycles. The van der Waals surface area contributed by atoms with Gasteiger partial charge in [0.1, 0.15) is 5.75 Å². The summed E-state index contributed by atoms with van der Waals surface area (Å²) in [6, 6.07) is 16.5. The van der Waals surface area contributed by atoms with Crippen molar-refractivity contribution in [3.05, 3.63) is 60.3 Å². The standard InChI is InChI=1S/C21H23N5O/c1-14(2)27-19-11-7-5-9-17(19)23-20-13-22-25-21(24-20)26-15(3)12-16-8-4-6-10-18(16)26/h4-11,13-15H,12H2,1-3H3,(H,23,24,25). The molecule has 0 spiro atoms. The summed E-state index contributed by atoms with van der Waals surface area (Å²) in [7, 11) is 0. The van der Waals surface area contributed by atoms with E-state index in [2.05, 4.69) is 45.5 Å². The molecule has 1 atom stereocenters. The minimum atomic E-state index is 0.0917. The van der Waals surface area contributed by atoms with Crippen molar-refractivity contribution in [2.24, 2.45) is 0 Å². The molecule has 0 bridgehead atoms. The maximum absolute atomic E-state index is 5.87. The molecule has 4 rings (SSSR count). The summed E-state index contributed by atoms with van der Waals surface area (Å²) >= 11 is 0. The number of hydrogen-bond acceptors (Lipinski definition) is 6. The predicted molar refractivity (Wildman–Crippen MR) is 107 cm³/mol. The molecule has 0 saturated carbocycles. The maximum atomic E-state index is 5.87. The molecule has 3 aromatic rings. The van der Waals surface area contributed by atoms with Gasteiger partial charge in [-0.25, -0.2) is 0 Å². The molecule has 1 aliphatic rings. The van der Waals surface area contributed by atoms with Crippen LogP contribution in [0.4, 0.5) is 23.1 Å². The summed E-state index contributed by atoms with van der Waals surface area (Å²) in [4.78, 5) is 6.85. The molecule has 1 N–H and O–H groups in total. The Morgan fingerprint density at radius 3 is 2.74 bits per heavy atom. The van der Waals surface area contributed by atoms with E-state index in [0.717, 1.165) is 23.5 Å². The molecule has 138 valence electrons. The minimum Gasteiger partial charge on any atom is -0.489 e. The number of fused-ring (bicyclic) bond motifs is 1. The average molecular weight is 361 g/mol. The molecule has 0 radical (unpaired) electrons. The zero-order valence-electron chi connectivity index (χ0n) is 15.8. The average Bonchev–Trinajstić information content (AvgIpc) is 2.99. The van der Waals surface area contributed by atoms with Crippen molar-refractivity contribution in [3.8, 4) is 5.75 Å². The van der Waals surface area contributed by atoms with Crippen molar-refractivity contribution in [3.63, 3.8) is 0 Å². The van der Waals surface area contributed by atoms with Crippen LogP contribution in [0.5, 0.6) is 5.75 Å². The monoisotopic (exact) mass is 361 g/mol. The van der Waals surface area contributed by atoms with Crippen molar-refractivity contribution >= 4 is 23.1 Å². The van der Waals surface area contributed by atoms with Crippen molar-refractivity contribution in [1.29, 1.82) is 0 Å². The highest BCUT2D eigenvalue weighted by molar-refractivity contribution is 5.69. The molecule has 0 saturated heterocycles. The Kier molecular flexibility index (Phi) is 4.62. The van der Waals surface area contributed by atoms with Crippen LogP contribution < -0.4 is 15.0 Å². The molecule has 27 heavy (non-hydrogen) atoms. The van der Waals surface area contributed by atoms with E-state index in [1.807, 2.05) is 44.2 Å². The molecule has 0 amide bonds. The molecule has 0 aliphatic carbocycles. The summed E-state index contributed by atoms with van der Waals surface area (Å²) in [6.07, 6.45) is 2.69. The van der Waals surface area contributed by atoms with Crippen LogP contribution in [0.2, 0.25) is 0 Å². The Labute approximate surface area is 159 Å². The second kappa shape index (κ2) is 7.23. The molecule has 6 heteroatoms. The van der Waals surface area contributed by atoms with Crippen LogP contribution in [0, 0.1) is 0 Å². The zero-order valence-corrected chi connectivity index (χ0v) is 15.8. The highest BCUT2D eigenvalue weighted by atomic mass is 16.5. The van der Waals surface area contributed by atoms with Crippen LogP contribution >= 0.6 is 0 Å². The second-order valence-electron chi connectivity index (χ2n) is 6.98. The number of hydrogen-bond donors (Lipinski definition) is 1. The van der Waals surface area contributed by atoms with Crippen molar-refractivity contribution in [2.75, 3.05) is 10.2 Å². The van der Waals surface area contributed by atoms with Crippen molar-refractivity contribution in [1.82, 2.24) is 15.2 Å². The number of aromatic nitrogens is 3. The number of nitrogens with zero attached hydrogens (tertiary/aromatic N) is 4. The van der Waals surface area contributed by atoms with Gasteiger partial charge in [0.2, 0.25) is 0 Å². The largest absolute Gasteiger partial charge is 0.489 e. The Balaban J connectivity index is 1.63. The summed E-state index contributed by atoms with van der Waals surface area (Å²) in [6.45, 7) is 6.19. The molecule has 1 unspecified atom stereocenters. The van der Waals surface area contributed by atoms with Crippen LogP contribution in [0.1, 0.15) is 26.3 Å². The molecular weight excluding hydrogens is 338 g/mol. The Hall–Kier alpha value is -3.15. The van der Waals surface area contributed by atoms with Crippen molar-refractivity contribution in [2.45, 2.75) is 39.3 Å². The van der Waals surface area contributed by atoms with Gasteiger partial charge in [-0.15, -0.1) is 5.10 Å². The smallest absolute Gasteiger partial charge is 0.252 e. The third-order valence-corrected chi connectivity index (χ3v) is 4.48. The van der Waals surface area contributed by atoms with E-state index < -0.39 is 0 Å². The van der Waals surface area contributed by atoms with Crippen molar-refractivity contribution < 1.29 is 4.74 Å². The maximum Gasteiger partial charge on any atom is 0.252 e. The van der Waals surface area contributed by atoms with Gasteiger partial charge in [-0.3, -0.25) is 0 Å². The summed E-state index contributed by atoms with van der Waals surface area (Å²) in [5.74, 6) is 2.02. The third-order valence-electron chi connectivity index (χ3n) is 4.48. The summed E-state index contributed by atoms with van der Waals surface area (Å²) in [5.41, 5.74) is 3.31. The highest BCUT2D eigenvalue weighted by Gasteiger charge is 2.29. The van der Waals surface area contributed by atoms with E-state index in [0.29, 0.717) is 11.8 Å². The van der Waals surface area contributed by atoms with Crippen LogP contribution in [0.15, 0.2) is 54.7 Å². The van der Waals surface area contributed by atoms with Gasteiger partial charge in [0.25, 0.3) is 5.95 Å². The summed E-state index contributed by atoms with van der Waals surface area (Å²) in [5, 5.41) is 11.8. The molecule has 0 fully saturated rings. The number of ether oxygens (including phenoxy) is 1. The first-order valence-electron chi connectivity index (χ1n) is 9.21. The topological polar surface area (TPSA) is 63.2 Å². The Morgan fingerprint density at radius 1 is 1.11 bits per heavy atom. The lowest BCUT2D eigenvalue weighted by atomic mass is 10.1. The number of nitrogens with one attached hydrogen (secondary N) is 1. The predicted octanol–water partition coefficient (Wildman–Crippen LogP) is 4.49. The molecule has 6 nitrogen and oxygen atoms in total. The molecule has 2 heterocycles. The first-order valence-corrected chi connectivity index (χ1v) is 9.21. The van der Waals surface area contributed by atoms with Gasteiger partial charge in [0.05, 0.1) is 18.0 Å². The lowest BCUT2D eigenvalue weighted by Gasteiger charge is -2.22. The number of anilines is 4. The lowest BCUT2D eigenvalue weighted by Crippen LogP contribution is -2.26. The van der Waals surface area contributed by atoms with E-state index in [4.69, 9.17) is 9.72 Å². The minimum absolute atomic E-state index is 0.0917. The normalized spacial score (nSPS) is 15.7. The van der Waals surface area contributed by atoms with Gasteiger partial charge in [-0.05, 0) is 51.0 Å². The van der Waals surface area contributed by atoms with E-state index in [9.17, 15) is 0 Å². The second-order valence-corrected chi connectivity index (χ2v) is 6.98. The van der Waals surface area contributed by atoms with Crippen LogP contribution in [-0.4, -0.2) is 27.3 Å². The first kappa shape index (κ1) is 17.3. The Morgan fingerprint density at radius 2 is 1.89 bits per heavy atom. The number of rotatable bonds is 5. The molecule has 1 aromatic heterocycles. The number of benzene rings is 2. The van der Waals surface area contributed by atoms with E-state index in [1.54, 1.807) is 6.20 Å². The zero-order chi connectivity index (χ0) is 18.8. The fourth-order valence-corrected chi connectivity index (χ4v) is 3.39. The molecule has 2 aromatic carbocycles. The van der Waals surface area contributed by atoms with Crippen LogP contribution in [-0.2, 0) is 6.42 Å². The quantitative estimate of drug-likeness (QED) is 0.723. The van der Waals surface area contributed by atoms with E-state index >= 15 is 0 Å². The first-order chi connectivity index (χ1) is 13.1. The highest BCUT2D eigenvalue weighted by Crippen LogP contribution is 2.36. The van der Waals surface area contributed by atoms with Crippen LogP contribution in [0.25, 0.3) is 0 Å². The Bertz CT molecular complexity index is 943. The van der Waals surface area contributed by atoms with E-state index in [1.165, 1.54) is 5.56 Å². The number of para-hydroxylation sites is 3. The van der Waals surface area contributed by atoms with Gasteiger partial charge >= 0.3 is 0 Å². The van der Waals surface area contributed by atoms with Gasteiger partial charge in [0, 0.05) is 11.7 Å².